The van der Waals surface area contributed by atoms with Crippen molar-refractivity contribution < 1.29 is 9.53 Å². The standard InChI is InChI=1S/C13H22N2O2/c1-5-10-11-7-6-9(8-14-10)15(11)12(16)17-13(2,3)4/h5,9-11,14H,1,6-8H2,2-4H3. The highest BCUT2D eigenvalue weighted by Crippen LogP contribution is 2.31. The highest BCUT2D eigenvalue weighted by molar-refractivity contribution is 5.70. The summed E-state index contributed by atoms with van der Waals surface area (Å²) in [5, 5.41) is 3.41. The summed E-state index contributed by atoms with van der Waals surface area (Å²) >= 11 is 0. The monoisotopic (exact) mass is 238 g/mol. The van der Waals surface area contributed by atoms with E-state index in [0.717, 1.165) is 19.4 Å². The second-order valence-electron chi connectivity index (χ2n) is 5.86. The first-order valence-electron chi connectivity index (χ1n) is 6.29. The molecular weight excluding hydrogens is 216 g/mol. The Labute approximate surface area is 103 Å². The van der Waals surface area contributed by atoms with E-state index in [0.29, 0.717) is 0 Å². The highest BCUT2D eigenvalue weighted by Gasteiger charge is 2.45. The summed E-state index contributed by atoms with van der Waals surface area (Å²) < 4.78 is 5.48. The Kier molecular flexibility index (Phi) is 3.17. The van der Waals surface area contributed by atoms with Gasteiger partial charge in [-0.3, -0.25) is 4.90 Å². The Morgan fingerprint density at radius 3 is 2.76 bits per heavy atom. The molecule has 2 aliphatic rings. The molecular formula is C13H22N2O2. The number of nitrogens with one attached hydrogen (secondary N) is 1. The van der Waals surface area contributed by atoms with Crippen LogP contribution in [0.3, 0.4) is 0 Å². The molecule has 1 N–H and O–H groups in total. The summed E-state index contributed by atoms with van der Waals surface area (Å²) in [5.41, 5.74) is -0.426. The van der Waals surface area contributed by atoms with Crippen molar-refractivity contribution in [3.63, 3.8) is 0 Å². The van der Waals surface area contributed by atoms with E-state index in [-0.39, 0.29) is 24.2 Å². The van der Waals surface area contributed by atoms with Crippen LogP contribution in [0.2, 0.25) is 0 Å². The molecule has 2 aliphatic heterocycles. The lowest BCUT2D eigenvalue weighted by Crippen LogP contribution is -2.59. The van der Waals surface area contributed by atoms with Crippen LogP contribution >= 0.6 is 0 Å². The number of nitrogens with zero attached hydrogens (tertiary/aromatic N) is 1. The summed E-state index contributed by atoms with van der Waals surface area (Å²) in [6.45, 7) is 10.4. The Balaban J connectivity index is 2.10. The Morgan fingerprint density at radius 1 is 1.47 bits per heavy atom. The molecule has 2 fully saturated rings. The fourth-order valence-electron chi connectivity index (χ4n) is 2.71. The lowest BCUT2D eigenvalue weighted by molar-refractivity contribution is 0.00680. The first-order valence-corrected chi connectivity index (χ1v) is 6.29. The maximum absolute atomic E-state index is 12.2. The van der Waals surface area contributed by atoms with Crippen LogP contribution in [-0.2, 0) is 4.74 Å². The molecule has 0 aromatic rings. The second kappa shape index (κ2) is 4.33. The van der Waals surface area contributed by atoms with Gasteiger partial charge in [0.1, 0.15) is 5.60 Å². The third-order valence-corrected chi connectivity index (χ3v) is 3.41. The van der Waals surface area contributed by atoms with Crippen molar-refractivity contribution in [2.75, 3.05) is 6.54 Å². The van der Waals surface area contributed by atoms with E-state index >= 15 is 0 Å². The summed E-state index contributed by atoms with van der Waals surface area (Å²) in [5.74, 6) is 0. The third kappa shape index (κ3) is 2.46. The van der Waals surface area contributed by atoms with Gasteiger partial charge in [-0.25, -0.2) is 4.79 Å². The van der Waals surface area contributed by atoms with Gasteiger partial charge in [0.25, 0.3) is 0 Å². The third-order valence-electron chi connectivity index (χ3n) is 3.41. The van der Waals surface area contributed by atoms with Gasteiger partial charge in [-0.05, 0) is 33.6 Å². The molecule has 96 valence electrons. The number of rotatable bonds is 1. The SMILES string of the molecule is C=CC1NCC2CCC1N2C(=O)OC(C)(C)C. The van der Waals surface area contributed by atoms with Gasteiger partial charge in [0.05, 0.1) is 6.04 Å². The molecule has 17 heavy (non-hydrogen) atoms. The maximum Gasteiger partial charge on any atom is 0.410 e. The summed E-state index contributed by atoms with van der Waals surface area (Å²) in [7, 11) is 0. The molecule has 3 unspecified atom stereocenters. The van der Waals surface area contributed by atoms with Gasteiger partial charge in [0.2, 0.25) is 0 Å². The normalized spacial score (nSPS) is 32.4. The molecule has 2 rings (SSSR count). The van der Waals surface area contributed by atoms with E-state index in [1.807, 2.05) is 31.7 Å². The number of ether oxygens (including phenoxy) is 1. The first kappa shape index (κ1) is 12.4. The number of carbonyl (C=O) groups is 1. The van der Waals surface area contributed by atoms with Crippen molar-refractivity contribution in [3.8, 4) is 0 Å². The van der Waals surface area contributed by atoms with Crippen LogP contribution in [0.15, 0.2) is 12.7 Å². The van der Waals surface area contributed by atoms with E-state index in [1.54, 1.807) is 0 Å². The van der Waals surface area contributed by atoms with Gasteiger partial charge in [0.15, 0.2) is 0 Å². The minimum absolute atomic E-state index is 0.182. The molecule has 1 amide bonds. The van der Waals surface area contributed by atoms with Crippen LogP contribution < -0.4 is 5.32 Å². The molecule has 0 aromatic heterocycles. The zero-order valence-electron chi connectivity index (χ0n) is 10.9. The quantitative estimate of drug-likeness (QED) is 0.710. The summed E-state index contributed by atoms with van der Waals surface area (Å²) in [4.78, 5) is 14.1. The number of piperazine rings is 1. The number of hydrogen-bond donors (Lipinski definition) is 1. The zero-order chi connectivity index (χ0) is 12.6. The first-order chi connectivity index (χ1) is 7.92. The summed E-state index contributed by atoms with van der Waals surface area (Å²) in [6, 6.07) is 0.688. The predicted octanol–water partition coefficient (Wildman–Crippen LogP) is 1.91. The average molecular weight is 238 g/mol. The number of carbonyl (C=O) groups excluding carboxylic acids is 1. The van der Waals surface area contributed by atoms with Crippen LogP contribution in [0.1, 0.15) is 33.6 Å². The van der Waals surface area contributed by atoms with E-state index in [9.17, 15) is 4.79 Å². The van der Waals surface area contributed by atoms with E-state index < -0.39 is 5.60 Å². The van der Waals surface area contributed by atoms with Crippen molar-refractivity contribution in [2.45, 2.75) is 57.3 Å². The van der Waals surface area contributed by atoms with Crippen LogP contribution in [0.25, 0.3) is 0 Å². The molecule has 0 saturated carbocycles. The molecule has 2 saturated heterocycles. The fourth-order valence-corrected chi connectivity index (χ4v) is 2.71. The van der Waals surface area contributed by atoms with Gasteiger partial charge in [-0.1, -0.05) is 6.08 Å². The fraction of sp³-hybridized carbons (Fsp3) is 0.769. The lowest BCUT2D eigenvalue weighted by Gasteiger charge is -2.40. The molecule has 2 heterocycles. The Hall–Kier alpha value is -1.03. The van der Waals surface area contributed by atoms with Crippen LogP contribution in [-0.4, -0.2) is 41.3 Å². The Morgan fingerprint density at radius 2 is 2.18 bits per heavy atom. The molecule has 4 heteroatoms. The number of hydrogen-bond acceptors (Lipinski definition) is 3. The van der Waals surface area contributed by atoms with Crippen LogP contribution in [0, 0.1) is 0 Å². The van der Waals surface area contributed by atoms with Gasteiger partial charge < -0.3 is 10.1 Å². The largest absolute Gasteiger partial charge is 0.444 e. The molecule has 0 spiro atoms. The predicted molar refractivity (Wildman–Crippen MR) is 66.9 cm³/mol. The smallest absolute Gasteiger partial charge is 0.410 e. The van der Waals surface area contributed by atoms with Crippen molar-refractivity contribution in [3.05, 3.63) is 12.7 Å². The van der Waals surface area contributed by atoms with Gasteiger partial charge in [-0.15, -0.1) is 6.58 Å². The number of fused-ring (bicyclic) bond motifs is 2. The highest BCUT2D eigenvalue weighted by atomic mass is 16.6. The molecule has 3 atom stereocenters. The maximum atomic E-state index is 12.2. The molecule has 2 bridgehead atoms. The molecule has 0 aliphatic carbocycles. The summed E-state index contributed by atoms with van der Waals surface area (Å²) in [6.07, 6.45) is 3.80. The topological polar surface area (TPSA) is 41.6 Å². The van der Waals surface area contributed by atoms with Crippen molar-refractivity contribution in [2.24, 2.45) is 0 Å². The Bertz CT molecular complexity index is 322. The van der Waals surface area contributed by atoms with Crippen molar-refractivity contribution in [1.82, 2.24) is 10.2 Å². The average Bonchev–Trinajstić information content (AvgIpc) is 2.52. The van der Waals surface area contributed by atoms with Crippen molar-refractivity contribution in [1.29, 1.82) is 0 Å². The zero-order valence-corrected chi connectivity index (χ0v) is 10.9. The van der Waals surface area contributed by atoms with Crippen LogP contribution in [0.4, 0.5) is 4.79 Å². The minimum atomic E-state index is -0.426. The van der Waals surface area contributed by atoms with E-state index in [4.69, 9.17) is 4.74 Å². The van der Waals surface area contributed by atoms with E-state index in [2.05, 4.69) is 11.9 Å². The van der Waals surface area contributed by atoms with E-state index in [1.165, 1.54) is 0 Å². The number of amides is 1. The van der Waals surface area contributed by atoms with Gasteiger partial charge in [-0.2, -0.15) is 0 Å². The minimum Gasteiger partial charge on any atom is -0.444 e. The van der Waals surface area contributed by atoms with Gasteiger partial charge >= 0.3 is 6.09 Å². The lowest BCUT2D eigenvalue weighted by atomic mass is 10.1. The second-order valence-corrected chi connectivity index (χ2v) is 5.86. The molecule has 0 radical (unpaired) electrons. The van der Waals surface area contributed by atoms with Crippen LogP contribution in [0.5, 0.6) is 0 Å². The molecule has 4 nitrogen and oxygen atoms in total. The molecule has 0 aromatic carbocycles. The van der Waals surface area contributed by atoms with Gasteiger partial charge in [0, 0.05) is 18.6 Å². The van der Waals surface area contributed by atoms with Crippen molar-refractivity contribution >= 4 is 6.09 Å².